The molecule has 1 aromatic heterocycles. The van der Waals surface area contributed by atoms with Crippen molar-refractivity contribution in [2.75, 3.05) is 13.1 Å². The number of piperidine rings is 1. The van der Waals surface area contributed by atoms with E-state index in [-0.39, 0.29) is 23.1 Å². The van der Waals surface area contributed by atoms with Crippen LogP contribution in [0, 0.1) is 0 Å². The van der Waals surface area contributed by atoms with Gasteiger partial charge in [0.25, 0.3) is 5.91 Å². The topological polar surface area (TPSA) is 69.4 Å². The van der Waals surface area contributed by atoms with E-state index in [9.17, 15) is 22.8 Å². The number of ether oxygens (including phenoxy) is 1. The molecule has 0 bridgehead atoms. The largest absolute Gasteiger partial charge is 0.573 e. The third kappa shape index (κ3) is 4.53. The van der Waals surface area contributed by atoms with Crippen LogP contribution in [0.1, 0.15) is 34.9 Å². The van der Waals surface area contributed by atoms with Crippen molar-refractivity contribution in [3.8, 4) is 11.4 Å². The number of carbonyl (C=O) groups excluding carboxylic acids is 1. The Morgan fingerprint density at radius 2 is 1.75 bits per heavy atom. The number of amides is 1. The third-order valence-corrected chi connectivity index (χ3v) is 5.43. The molecular weight excluding hydrogens is 425 g/mol. The van der Waals surface area contributed by atoms with Gasteiger partial charge < -0.3 is 9.64 Å². The quantitative estimate of drug-likeness (QED) is 0.615. The van der Waals surface area contributed by atoms with Gasteiger partial charge in [0.15, 0.2) is 0 Å². The van der Waals surface area contributed by atoms with Crippen LogP contribution in [0.25, 0.3) is 5.69 Å². The van der Waals surface area contributed by atoms with E-state index < -0.39 is 12.1 Å². The molecule has 32 heavy (non-hydrogen) atoms. The van der Waals surface area contributed by atoms with Gasteiger partial charge in [0.2, 0.25) is 0 Å². The highest BCUT2D eigenvalue weighted by Crippen LogP contribution is 2.29. The lowest BCUT2D eigenvalue weighted by atomic mass is 9.95. The number of aryl methyl sites for hydroxylation is 1. The number of rotatable bonds is 4. The average molecular weight is 446 g/mol. The number of halogens is 3. The minimum Gasteiger partial charge on any atom is -0.406 e. The summed E-state index contributed by atoms with van der Waals surface area (Å²) in [5.74, 6) is -0.194. The van der Waals surface area contributed by atoms with Crippen LogP contribution < -0.4 is 10.4 Å². The third-order valence-electron chi connectivity index (χ3n) is 5.43. The monoisotopic (exact) mass is 446 g/mol. The number of hydrogen-bond acceptors (Lipinski definition) is 4. The van der Waals surface area contributed by atoms with Crippen molar-refractivity contribution in [1.29, 1.82) is 0 Å². The number of hydrogen-bond donors (Lipinski definition) is 0. The summed E-state index contributed by atoms with van der Waals surface area (Å²) in [6.07, 6.45) is -3.67. The Balaban J connectivity index is 1.49. The highest BCUT2D eigenvalue weighted by molar-refractivity contribution is 5.94. The minimum absolute atomic E-state index is 0.0342. The fraction of sp³-hybridized carbons (Fsp3) is 0.318. The smallest absolute Gasteiger partial charge is 0.406 e. The molecule has 10 heteroatoms. The van der Waals surface area contributed by atoms with E-state index >= 15 is 0 Å². The van der Waals surface area contributed by atoms with Gasteiger partial charge in [-0.3, -0.25) is 4.79 Å². The number of aromatic nitrogens is 3. The number of likely N-dealkylation sites (tertiary alicyclic amines) is 1. The predicted molar refractivity (Wildman–Crippen MR) is 110 cm³/mol. The fourth-order valence-corrected chi connectivity index (χ4v) is 3.92. The molecule has 7 nitrogen and oxygen atoms in total. The summed E-state index contributed by atoms with van der Waals surface area (Å²) in [5.41, 5.74) is 0.607. The van der Waals surface area contributed by atoms with Crippen molar-refractivity contribution < 1.29 is 22.7 Å². The molecule has 0 atom stereocenters. The molecule has 168 valence electrons. The van der Waals surface area contributed by atoms with Crippen LogP contribution in [-0.4, -0.2) is 44.6 Å². The van der Waals surface area contributed by atoms with E-state index in [1.54, 1.807) is 16.5 Å². The van der Waals surface area contributed by atoms with Gasteiger partial charge in [-0.25, -0.2) is 14.0 Å². The highest BCUT2D eigenvalue weighted by atomic mass is 19.4. The number of nitrogens with zero attached hydrogens (tertiary/aromatic N) is 4. The van der Waals surface area contributed by atoms with Gasteiger partial charge >= 0.3 is 12.1 Å². The lowest BCUT2D eigenvalue weighted by molar-refractivity contribution is -0.274. The van der Waals surface area contributed by atoms with E-state index in [0.29, 0.717) is 31.8 Å². The Bertz CT molecular complexity index is 1160. The Kier molecular flexibility index (Phi) is 5.77. The molecule has 2 aromatic carbocycles. The summed E-state index contributed by atoms with van der Waals surface area (Å²) < 4.78 is 44.2. The van der Waals surface area contributed by atoms with Crippen LogP contribution >= 0.6 is 0 Å². The Hall–Kier alpha value is -3.56. The van der Waals surface area contributed by atoms with Gasteiger partial charge in [0.05, 0.1) is 5.69 Å². The molecule has 0 spiro atoms. The van der Waals surface area contributed by atoms with Crippen molar-refractivity contribution in [2.45, 2.75) is 25.1 Å². The summed E-state index contributed by atoms with van der Waals surface area (Å²) in [7, 11) is 1.60. The van der Waals surface area contributed by atoms with Crippen molar-refractivity contribution in [2.24, 2.45) is 7.05 Å². The summed E-state index contributed by atoms with van der Waals surface area (Å²) in [6.45, 7) is 0.792. The Morgan fingerprint density at radius 1 is 1.06 bits per heavy atom. The fourth-order valence-electron chi connectivity index (χ4n) is 3.92. The zero-order chi connectivity index (χ0) is 22.9. The van der Waals surface area contributed by atoms with Crippen LogP contribution in [0.2, 0.25) is 0 Å². The van der Waals surface area contributed by atoms with Gasteiger partial charge in [-0.1, -0.05) is 24.3 Å². The average Bonchev–Trinajstić information content (AvgIpc) is 3.07. The van der Waals surface area contributed by atoms with Crippen LogP contribution in [0.15, 0.2) is 59.4 Å². The number of carbonyl (C=O) groups is 1. The highest BCUT2D eigenvalue weighted by Gasteiger charge is 2.32. The second-order valence-corrected chi connectivity index (χ2v) is 7.58. The minimum atomic E-state index is -4.82. The molecule has 1 fully saturated rings. The van der Waals surface area contributed by atoms with E-state index in [1.807, 2.05) is 30.3 Å². The maximum absolute atomic E-state index is 12.8. The maximum Gasteiger partial charge on any atom is 0.573 e. The van der Waals surface area contributed by atoms with E-state index in [4.69, 9.17) is 0 Å². The zero-order valence-electron chi connectivity index (χ0n) is 17.2. The van der Waals surface area contributed by atoms with E-state index in [0.717, 1.165) is 17.8 Å². The normalized spacial score (nSPS) is 15.1. The molecule has 1 saturated heterocycles. The molecule has 0 unspecified atom stereocenters. The zero-order valence-corrected chi connectivity index (χ0v) is 17.2. The Labute approximate surface area is 181 Å². The van der Waals surface area contributed by atoms with Crippen molar-refractivity contribution in [1.82, 2.24) is 19.2 Å². The molecule has 1 amide bonds. The lowest BCUT2D eigenvalue weighted by Crippen LogP contribution is -2.38. The summed E-state index contributed by atoms with van der Waals surface area (Å²) in [4.78, 5) is 27.0. The second kappa shape index (κ2) is 8.52. The van der Waals surface area contributed by atoms with Gasteiger partial charge in [0.1, 0.15) is 11.6 Å². The predicted octanol–water partition coefficient (Wildman–Crippen LogP) is 3.49. The number of para-hydroxylation sites is 1. The summed E-state index contributed by atoms with van der Waals surface area (Å²) in [6, 6.07) is 14.3. The molecular formula is C22H21F3N4O3. The first-order valence-corrected chi connectivity index (χ1v) is 10.1. The first kappa shape index (κ1) is 21.7. The summed E-state index contributed by atoms with van der Waals surface area (Å²) >= 11 is 0. The van der Waals surface area contributed by atoms with Crippen LogP contribution in [0.4, 0.5) is 13.2 Å². The first-order chi connectivity index (χ1) is 15.2. The van der Waals surface area contributed by atoms with Crippen LogP contribution in [-0.2, 0) is 7.05 Å². The molecule has 1 aliphatic rings. The van der Waals surface area contributed by atoms with Gasteiger partial charge in [-0.2, -0.15) is 5.10 Å². The van der Waals surface area contributed by atoms with Crippen molar-refractivity contribution >= 4 is 5.91 Å². The molecule has 4 rings (SSSR count). The molecule has 0 radical (unpaired) electrons. The molecule has 1 aliphatic heterocycles. The first-order valence-electron chi connectivity index (χ1n) is 10.1. The van der Waals surface area contributed by atoms with Gasteiger partial charge in [-0.15, -0.1) is 13.2 Å². The van der Waals surface area contributed by atoms with Crippen molar-refractivity contribution in [3.05, 3.63) is 76.5 Å². The van der Waals surface area contributed by atoms with Crippen LogP contribution in [0.5, 0.6) is 5.75 Å². The summed E-state index contributed by atoms with van der Waals surface area (Å²) in [5, 5.41) is 4.42. The lowest BCUT2D eigenvalue weighted by Gasteiger charge is -2.31. The van der Waals surface area contributed by atoms with Crippen LogP contribution in [0.3, 0.4) is 0 Å². The molecule has 0 N–H and O–H groups in total. The molecule has 2 heterocycles. The number of alkyl halides is 3. The molecule has 0 saturated carbocycles. The van der Waals surface area contributed by atoms with Gasteiger partial charge in [0, 0.05) is 31.6 Å². The number of benzene rings is 2. The van der Waals surface area contributed by atoms with E-state index in [2.05, 4.69) is 9.84 Å². The maximum atomic E-state index is 12.8. The molecule has 3 aromatic rings. The Morgan fingerprint density at radius 3 is 2.41 bits per heavy atom. The standard InChI is InChI=1S/C22H21F3N4O3/c1-27-21(31)29(17-7-3-2-4-8-17)19(26-27)15-10-12-28(13-11-15)20(30)16-6-5-9-18(14-16)32-22(23,24)25/h2-9,14-15H,10-13H2,1H3. The second-order valence-electron chi connectivity index (χ2n) is 7.58. The molecule has 0 aliphatic carbocycles. The van der Waals surface area contributed by atoms with Gasteiger partial charge in [-0.05, 0) is 43.2 Å². The van der Waals surface area contributed by atoms with E-state index in [1.165, 1.54) is 16.8 Å². The SMILES string of the molecule is Cn1nc(C2CCN(C(=O)c3cccc(OC(F)(F)F)c3)CC2)n(-c2ccccc2)c1=O. The van der Waals surface area contributed by atoms with Crippen molar-refractivity contribution in [3.63, 3.8) is 0 Å².